The SMILES string of the molecule is O=C(C1CCCCC1)N1CCCC(c2cccc(-c3cnc4ccc(Cl)cn34)n2)C1. The first-order chi connectivity index (χ1) is 14.7. The minimum absolute atomic E-state index is 0.236. The van der Waals surface area contributed by atoms with Crippen LogP contribution in [0.5, 0.6) is 0 Å². The van der Waals surface area contributed by atoms with Gasteiger partial charge in [-0.1, -0.05) is 36.9 Å². The number of nitrogens with zero attached hydrogens (tertiary/aromatic N) is 4. The number of amides is 1. The van der Waals surface area contributed by atoms with Crippen LogP contribution in [0.15, 0.2) is 42.7 Å². The van der Waals surface area contributed by atoms with E-state index in [2.05, 4.69) is 22.0 Å². The monoisotopic (exact) mass is 422 g/mol. The highest BCUT2D eigenvalue weighted by atomic mass is 35.5. The number of rotatable bonds is 3. The average molecular weight is 423 g/mol. The van der Waals surface area contributed by atoms with Crippen LogP contribution in [-0.4, -0.2) is 38.3 Å². The summed E-state index contributed by atoms with van der Waals surface area (Å²) in [6, 6.07) is 9.92. The predicted octanol–water partition coefficient (Wildman–Crippen LogP) is 5.34. The van der Waals surface area contributed by atoms with Gasteiger partial charge in [0.25, 0.3) is 0 Å². The van der Waals surface area contributed by atoms with Crippen LogP contribution in [0.2, 0.25) is 5.02 Å². The Bertz CT molecular complexity index is 1060. The van der Waals surface area contributed by atoms with Crippen LogP contribution in [0.25, 0.3) is 17.0 Å². The van der Waals surface area contributed by atoms with E-state index in [1.807, 2.05) is 35.0 Å². The van der Waals surface area contributed by atoms with Gasteiger partial charge in [-0.15, -0.1) is 0 Å². The molecule has 30 heavy (non-hydrogen) atoms. The number of piperidine rings is 1. The Morgan fingerprint density at radius 2 is 1.90 bits per heavy atom. The van der Waals surface area contributed by atoms with Gasteiger partial charge in [0, 0.05) is 36.8 Å². The molecule has 156 valence electrons. The number of aromatic nitrogens is 3. The molecule has 1 aliphatic carbocycles. The van der Waals surface area contributed by atoms with E-state index in [1.54, 1.807) is 0 Å². The molecule has 3 aromatic heterocycles. The second kappa shape index (κ2) is 8.38. The van der Waals surface area contributed by atoms with Crippen molar-refractivity contribution >= 4 is 23.2 Å². The number of carbonyl (C=O) groups is 1. The fourth-order valence-corrected chi connectivity index (χ4v) is 5.15. The quantitative estimate of drug-likeness (QED) is 0.572. The third-order valence-corrected chi connectivity index (χ3v) is 6.83. The number of hydrogen-bond acceptors (Lipinski definition) is 3. The number of halogens is 1. The second-order valence-electron chi connectivity index (χ2n) is 8.62. The minimum atomic E-state index is 0.236. The lowest BCUT2D eigenvalue weighted by molar-refractivity contribution is -0.137. The molecule has 1 unspecified atom stereocenters. The molecule has 0 bridgehead atoms. The highest BCUT2D eigenvalue weighted by Gasteiger charge is 2.30. The molecular formula is C24H27ClN4O. The van der Waals surface area contributed by atoms with Crippen molar-refractivity contribution in [2.45, 2.75) is 50.9 Å². The maximum Gasteiger partial charge on any atom is 0.225 e. The van der Waals surface area contributed by atoms with Gasteiger partial charge in [-0.2, -0.15) is 0 Å². The van der Waals surface area contributed by atoms with E-state index in [0.29, 0.717) is 10.9 Å². The van der Waals surface area contributed by atoms with E-state index in [4.69, 9.17) is 16.6 Å². The third kappa shape index (κ3) is 3.83. The summed E-state index contributed by atoms with van der Waals surface area (Å²) >= 11 is 6.19. The number of likely N-dealkylation sites (tertiary alicyclic amines) is 1. The van der Waals surface area contributed by atoms with Crippen LogP contribution in [-0.2, 0) is 4.79 Å². The summed E-state index contributed by atoms with van der Waals surface area (Å²) in [5.41, 5.74) is 3.73. The van der Waals surface area contributed by atoms with Crippen LogP contribution in [0.4, 0.5) is 0 Å². The van der Waals surface area contributed by atoms with Crippen molar-refractivity contribution in [2.75, 3.05) is 13.1 Å². The average Bonchev–Trinajstić information content (AvgIpc) is 3.22. The zero-order chi connectivity index (χ0) is 20.5. The van der Waals surface area contributed by atoms with Gasteiger partial charge in [0.2, 0.25) is 5.91 Å². The van der Waals surface area contributed by atoms with Crippen molar-refractivity contribution in [1.82, 2.24) is 19.3 Å². The van der Waals surface area contributed by atoms with Crippen LogP contribution < -0.4 is 0 Å². The fourth-order valence-electron chi connectivity index (χ4n) is 4.99. The van der Waals surface area contributed by atoms with Crippen molar-refractivity contribution in [1.29, 1.82) is 0 Å². The van der Waals surface area contributed by atoms with Gasteiger partial charge in [-0.3, -0.25) is 14.2 Å². The molecule has 1 saturated carbocycles. The fraction of sp³-hybridized carbons (Fsp3) is 0.458. The van der Waals surface area contributed by atoms with E-state index >= 15 is 0 Å². The first kappa shape index (κ1) is 19.6. The van der Waals surface area contributed by atoms with Gasteiger partial charge >= 0.3 is 0 Å². The number of imidazole rings is 1. The van der Waals surface area contributed by atoms with Crippen molar-refractivity contribution in [3.05, 3.63) is 53.4 Å². The first-order valence-electron chi connectivity index (χ1n) is 11.1. The summed E-state index contributed by atoms with van der Waals surface area (Å²) in [5, 5.41) is 0.669. The molecule has 2 fully saturated rings. The molecule has 1 saturated heterocycles. The number of hydrogen-bond donors (Lipinski definition) is 0. The van der Waals surface area contributed by atoms with Gasteiger partial charge in [0.05, 0.1) is 22.6 Å². The number of pyridine rings is 2. The largest absolute Gasteiger partial charge is 0.342 e. The third-order valence-electron chi connectivity index (χ3n) is 6.61. The maximum atomic E-state index is 13.0. The van der Waals surface area contributed by atoms with Crippen LogP contribution >= 0.6 is 11.6 Å². The molecule has 0 N–H and O–H groups in total. The summed E-state index contributed by atoms with van der Waals surface area (Å²) in [4.78, 5) is 24.6. The molecule has 5 rings (SSSR count). The Balaban J connectivity index is 1.38. The Morgan fingerprint density at radius 3 is 2.77 bits per heavy atom. The van der Waals surface area contributed by atoms with Gasteiger partial charge in [0.15, 0.2) is 0 Å². The van der Waals surface area contributed by atoms with Crippen molar-refractivity contribution in [2.24, 2.45) is 5.92 Å². The summed E-state index contributed by atoms with van der Waals surface area (Å²) in [6.45, 7) is 1.67. The molecule has 3 aromatic rings. The molecule has 4 heterocycles. The van der Waals surface area contributed by atoms with E-state index in [0.717, 1.165) is 61.5 Å². The molecule has 5 nitrogen and oxygen atoms in total. The Morgan fingerprint density at radius 1 is 1.03 bits per heavy atom. The highest BCUT2D eigenvalue weighted by molar-refractivity contribution is 6.30. The maximum absolute atomic E-state index is 13.0. The first-order valence-corrected chi connectivity index (χ1v) is 11.5. The topological polar surface area (TPSA) is 50.5 Å². The number of fused-ring (bicyclic) bond motifs is 1. The minimum Gasteiger partial charge on any atom is -0.342 e. The molecule has 2 aliphatic rings. The Kier molecular flexibility index (Phi) is 5.47. The molecule has 0 radical (unpaired) electrons. The Hall–Kier alpha value is -2.40. The van der Waals surface area contributed by atoms with Crippen molar-refractivity contribution in [3.63, 3.8) is 0 Å². The molecule has 0 spiro atoms. The van der Waals surface area contributed by atoms with Crippen LogP contribution in [0, 0.1) is 5.92 Å². The lowest BCUT2D eigenvalue weighted by Gasteiger charge is -2.35. The second-order valence-corrected chi connectivity index (χ2v) is 9.06. The molecule has 0 aromatic carbocycles. The predicted molar refractivity (Wildman–Crippen MR) is 119 cm³/mol. The normalized spacial score (nSPS) is 20.6. The van der Waals surface area contributed by atoms with E-state index in [1.165, 1.54) is 19.3 Å². The van der Waals surface area contributed by atoms with Crippen molar-refractivity contribution in [3.8, 4) is 11.4 Å². The Labute approximate surface area is 182 Å². The molecule has 1 amide bonds. The zero-order valence-electron chi connectivity index (χ0n) is 17.1. The highest BCUT2D eigenvalue weighted by Crippen LogP contribution is 2.31. The summed E-state index contributed by atoms with van der Waals surface area (Å²) in [7, 11) is 0. The molecule has 6 heteroatoms. The van der Waals surface area contributed by atoms with E-state index in [9.17, 15) is 4.79 Å². The lowest BCUT2D eigenvalue weighted by atomic mass is 9.86. The van der Waals surface area contributed by atoms with Crippen LogP contribution in [0.1, 0.15) is 56.6 Å². The van der Waals surface area contributed by atoms with Crippen LogP contribution in [0.3, 0.4) is 0 Å². The molecule has 1 aliphatic heterocycles. The number of carbonyl (C=O) groups excluding carboxylic acids is 1. The summed E-state index contributed by atoms with van der Waals surface area (Å²) in [5.74, 6) is 0.890. The van der Waals surface area contributed by atoms with Gasteiger partial charge in [-0.05, 0) is 49.9 Å². The smallest absolute Gasteiger partial charge is 0.225 e. The summed E-state index contributed by atoms with van der Waals surface area (Å²) in [6.07, 6.45) is 11.6. The van der Waals surface area contributed by atoms with Gasteiger partial charge in [-0.25, -0.2) is 4.98 Å². The van der Waals surface area contributed by atoms with Crippen molar-refractivity contribution < 1.29 is 4.79 Å². The lowest BCUT2D eigenvalue weighted by Crippen LogP contribution is -2.43. The zero-order valence-corrected chi connectivity index (χ0v) is 17.9. The van der Waals surface area contributed by atoms with E-state index in [-0.39, 0.29) is 11.8 Å². The van der Waals surface area contributed by atoms with Gasteiger partial charge < -0.3 is 4.90 Å². The van der Waals surface area contributed by atoms with Gasteiger partial charge in [0.1, 0.15) is 5.65 Å². The summed E-state index contributed by atoms with van der Waals surface area (Å²) < 4.78 is 1.98. The standard InChI is InChI=1S/C24H27ClN4O/c25-19-11-12-23-26-14-22(29(23)16-19)21-10-4-9-20(27-21)18-8-5-13-28(15-18)24(30)17-6-2-1-3-7-17/h4,9-12,14,16-18H,1-3,5-8,13,15H2. The molecule has 1 atom stereocenters. The van der Waals surface area contributed by atoms with E-state index < -0.39 is 0 Å². The molecular weight excluding hydrogens is 396 g/mol.